The summed E-state index contributed by atoms with van der Waals surface area (Å²) in [7, 11) is 0. The minimum absolute atomic E-state index is 0.175. The molecule has 1 saturated carbocycles. The van der Waals surface area contributed by atoms with E-state index in [0.717, 1.165) is 17.5 Å². The molecule has 1 aliphatic heterocycles. The van der Waals surface area contributed by atoms with Gasteiger partial charge in [-0.2, -0.15) is 0 Å². The van der Waals surface area contributed by atoms with Crippen LogP contribution in [-0.4, -0.2) is 36.5 Å². The van der Waals surface area contributed by atoms with Crippen molar-refractivity contribution in [2.75, 3.05) is 19.6 Å². The number of hydrogen-bond acceptors (Lipinski definition) is 3. The lowest BCUT2D eigenvalue weighted by atomic mass is 9.94. The van der Waals surface area contributed by atoms with Crippen molar-refractivity contribution in [1.82, 2.24) is 10.2 Å². The van der Waals surface area contributed by atoms with Gasteiger partial charge in [0.05, 0.1) is 6.42 Å². The van der Waals surface area contributed by atoms with E-state index < -0.39 is 0 Å². The Morgan fingerprint density at radius 1 is 1.29 bits per heavy atom. The summed E-state index contributed by atoms with van der Waals surface area (Å²) in [6, 6.07) is 4.86. The van der Waals surface area contributed by atoms with Gasteiger partial charge < -0.3 is 10.2 Å². The Labute approximate surface area is 131 Å². The molecule has 0 aromatic carbocycles. The second-order valence-corrected chi connectivity index (χ2v) is 7.53. The maximum atomic E-state index is 11.9. The smallest absolute Gasteiger partial charge is 0.225 e. The molecule has 4 heteroatoms. The minimum atomic E-state index is 0.175. The molecule has 3 nitrogen and oxygen atoms in total. The Kier molecular flexibility index (Phi) is 5.31. The lowest BCUT2D eigenvalue weighted by Gasteiger charge is -2.31. The van der Waals surface area contributed by atoms with Crippen LogP contribution in [0.2, 0.25) is 0 Å². The van der Waals surface area contributed by atoms with Gasteiger partial charge in [-0.25, -0.2) is 0 Å². The van der Waals surface area contributed by atoms with Crippen molar-refractivity contribution in [2.24, 2.45) is 5.92 Å². The zero-order valence-electron chi connectivity index (χ0n) is 12.7. The van der Waals surface area contributed by atoms with Crippen LogP contribution in [-0.2, 0) is 11.2 Å². The average Bonchev–Trinajstić information content (AvgIpc) is 3.17. The van der Waals surface area contributed by atoms with E-state index in [2.05, 4.69) is 10.2 Å². The number of likely N-dealkylation sites (tertiary alicyclic amines) is 1. The molecule has 0 radical (unpaired) electrons. The summed E-state index contributed by atoms with van der Waals surface area (Å²) in [5, 5.41) is 5.16. The van der Waals surface area contributed by atoms with Crippen LogP contribution in [0.1, 0.15) is 43.4 Å². The molecule has 1 atom stereocenters. The zero-order chi connectivity index (χ0) is 14.5. The van der Waals surface area contributed by atoms with Crippen LogP contribution >= 0.6 is 11.3 Å². The summed E-state index contributed by atoms with van der Waals surface area (Å²) in [5.74, 6) is 0.827. The molecular weight excluding hydrogens is 280 g/mol. The summed E-state index contributed by atoms with van der Waals surface area (Å²) in [6.45, 7) is 3.27. The Balaban J connectivity index is 1.37. The molecule has 1 saturated heterocycles. The van der Waals surface area contributed by atoms with Gasteiger partial charge >= 0.3 is 0 Å². The number of thiophene rings is 1. The van der Waals surface area contributed by atoms with E-state index in [1.165, 1.54) is 51.6 Å². The van der Waals surface area contributed by atoms with Crippen LogP contribution < -0.4 is 5.32 Å². The Morgan fingerprint density at radius 2 is 2.14 bits per heavy atom. The van der Waals surface area contributed by atoms with Crippen LogP contribution in [0.15, 0.2) is 17.5 Å². The minimum Gasteiger partial charge on any atom is -0.355 e. The molecule has 1 aliphatic carbocycles. The first kappa shape index (κ1) is 15.0. The Morgan fingerprint density at radius 3 is 2.90 bits per heavy atom. The molecular formula is C17H26N2OS. The molecule has 3 rings (SSSR count). The maximum absolute atomic E-state index is 11.9. The second kappa shape index (κ2) is 7.41. The van der Waals surface area contributed by atoms with Gasteiger partial charge in [0, 0.05) is 24.0 Å². The average molecular weight is 306 g/mol. The van der Waals surface area contributed by atoms with E-state index in [4.69, 9.17) is 0 Å². The van der Waals surface area contributed by atoms with Gasteiger partial charge in [0.15, 0.2) is 0 Å². The molecule has 2 heterocycles. The fourth-order valence-corrected chi connectivity index (χ4v) is 4.40. The predicted molar refractivity (Wildman–Crippen MR) is 87.6 cm³/mol. The van der Waals surface area contributed by atoms with E-state index >= 15 is 0 Å². The largest absolute Gasteiger partial charge is 0.355 e. The first-order valence-electron chi connectivity index (χ1n) is 8.34. The van der Waals surface area contributed by atoms with Gasteiger partial charge in [0.25, 0.3) is 0 Å². The number of rotatable bonds is 5. The van der Waals surface area contributed by atoms with E-state index in [1.54, 1.807) is 11.3 Å². The third-order valence-electron chi connectivity index (χ3n) is 4.91. The highest BCUT2D eigenvalue weighted by Gasteiger charge is 2.29. The van der Waals surface area contributed by atoms with Gasteiger partial charge in [0.2, 0.25) is 5.91 Å². The summed E-state index contributed by atoms with van der Waals surface area (Å²) in [4.78, 5) is 15.8. The number of hydrogen-bond donors (Lipinski definition) is 1. The number of nitrogens with zero attached hydrogens (tertiary/aromatic N) is 1. The van der Waals surface area contributed by atoms with Crippen molar-refractivity contribution < 1.29 is 4.79 Å². The Hall–Kier alpha value is -0.870. The summed E-state index contributed by atoms with van der Waals surface area (Å²) < 4.78 is 0. The van der Waals surface area contributed by atoms with Crippen molar-refractivity contribution in [2.45, 2.75) is 51.0 Å². The highest BCUT2D eigenvalue weighted by molar-refractivity contribution is 7.10. The fourth-order valence-electron chi connectivity index (χ4n) is 3.70. The van der Waals surface area contributed by atoms with Crippen LogP contribution in [0.3, 0.4) is 0 Å². The van der Waals surface area contributed by atoms with Crippen LogP contribution in [0.4, 0.5) is 0 Å². The topological polar surface area (TPSA) is 32.3 Å². The molecule has 116 valence electrons. The van der Waals surface area contributed by atoms with Gasteiger partial charge in [-0.15, -0.1) is 11.3 Å². The van der Waals surface area contributed by atoms with Crippen molar-refractivity contribution in [3.8, 4) is 0 Å². The van der Waals surface area contributed by atoms with E-state index in [0.29, 0.717) is 12.3 Å². The molecule has 21 heavy (non-hydrogen) atoms. The SMILES string of the molecule is O=C(Cc1cccs1)NC[C@H]1CCN(C2CCCCC2)C1. The van der Waals surface area contributed by atoms with Crippen molar-refractivity contribution in [1.29, 1.82) is 0 Å². The molecule has 2 fully saturated rings. The van der Waals surface area contributed by atoms with Crippen LogP contribution in [0.25, 0.3) is 0 Å². The van der Waals surface area contributed by atoms with Gasteiger partial charge in [-0.3, -0.25) is 4.79 Å². The first-order valence-corrected chi connectivity index (χ1v) is 9.22. The van der Waals surface area contributed by atoms with Gasteiger partial charge in [-0.1, -0.05) is 25.3 Å². The molecule has 0 bridgehead atoms. The molecule has 1 aromatic rings. The highest BCUT2D eigenvalue weighted by atomic mass is 32.1. The van der Waals surface area contributed by atoms with Crippen molar-refractivity contribution in [3.63, 3.8) is 0 Å². The normalized spacial score (nSPS) is 24.3. The molecule has 1 aromatic heterocycles. The van der Waals surface area contributed by atoms with Gasteiger partial charge in [-0.05, 0) is 43.2 Å². The monoisotopic (exact) mass is 306 g/mol. The lowest BCUT2D eigenvalue weighted by molar-refractivity contribution is -0.120. The van der Waals surface area contributed by atoms with Crippen LogP contribution in [0, 0.1) is 5.92 Å². The summed E-state index contributed by atoms with van der Waals surface area (Å²) in [5.41, 5.74) is 0. The fraction of sp³-hybridized carbons (Fsp3) is 0.706. The van der Waals surface area contributed by atoms with Crippen molar-refractivity contribution in [3.05, 3.63) is 22.4 Å². The first-order chi connectivity index (χ1) is 10.3. The van der Waals surface area contributed by atoms with E-state index in [-0.39, 0.29) is 5.91 Å². The number of amides is 1. The third-order valence-corrected chi connectivity index (χ3v) is 5.79. The van der Waals surface area contributed by atoms with E-state index in [1.807, 2.05) is 17.5 Å². The van der Waals surface area contributed by atoms with Gasteiger partial charge in [0.1, 0.15) is 0 Å². The maximum Gasteiger partial charge on any atom is 0.225 e. The van der Waals surface area contributed by atoms with E-state index in [9.17, 15) is 4.79 Å². The molecule has 0 unspecified atom stereocenters. The number of carbonyl (C=O) groups excluding carboxylic acids is 1. The second-order valence-electron chi connectivity index (χ2n) is 6.50. The molecule has 1 N–H and O–H groups in total. The molecule has 2 aliphatic rings. The molecule has 1 amide bonds. The quantitative estimate of drug-likeness (QED) is 0.907. The number of carbonyl (C=O) groups is 1. The zero-order valence-corrected chi connectivity index (χ0v) is 13.5. The lowest BCUT2D eigenvalue weighted by Crippen LogP contribution is -2.36. The number of nitrogens with one attached hydrogen (secondary N) is 1. The van der Waals surface area contributed by atoms with Crippen LogP contribution in [0.5, 0.6) is 0 Å². The summed E-state index contributed by atoms with van der Waals surface area (Å²) >= 11 is 1.66. The standard InChI is InChI=1S/C17H26N2OS/c20-17(11-16-7-4-10-21-16)18-12-14-8-9-19(13-14)15-5-2-1-3-6-15/h4,7,10,14-15H,1-3,5-6,8-9,11-13H2,(H,18,20)/t14-/m1/s1. The van der Waals surface area contributed by atoms with Crippen molar-refractivity contribution >= 4 is 17.2 Å². The third kappa shape index (κ3) is 4.30. The Bertz CT molecular complexity index is 440. The highest BCUT2D eigenvalue weighted by Crippen LogP contribution is 2.27. The summed E-state index contributed by atoms with van der Waals surface area (Å²) in [6.07, 6.45) is 8.79. The predicted octanol–water partition coefficient (Wildman–Crippen LogP) is 3.06. The molecule has 0 spiro atoms.